The summed E-state index contributed by atoms with van der Waals surface area (Å²) in [5.41, 5.74) is 1.65. The number of halogens is 2. The molecule has 0 aliphatic carbocycles. The Morgan fingerprint density at radius 2 is 1.74 bits per heavy atom. The molecule has 0 N–H and O–H groups in total. The maximum atomic E-state index is 13.2. The van der Waals surface area contributed by atoms with Gasteiger partial charge < -0.3 is 17.9 Å². The van der Waals surface area contributed by atoms with Gasteiger partial charge in [-0.25, -0.2) is 0 Å². The lowest BCUT2D eigenvalue weighted by Crippen LogP contribution is -2.38. The number of benzene rings is 1. The predicted octanol–water partition coefficient (Wildman–Crippen LogP) is 2.84. The van der Waals surface area contributed by atoms with E-state index in [0.29, 0.717) is 10.0 Å². The third-order valence-electron chi connectivity index (χ3n) is 2.86. The summed E-state index contributed by atoms with van der Waals surface area (Å²) in [6.07, 6.45) is 1.97. The van der Waals surface area contributed by atoms with Crippen molar-refractivity contribution in [3.63, 3.8) is 0 Å². The third kappa shape index (κ3) is 3.29. The molecule has 0 amide bonds. The number of nitrogens with zero attached hydrogens (tertiary/aromatic N) is 1. The van der Waals surface area contributed by atoms with E-state index in [1.54, 1.807) is 12.1 Å². The molecule has 102 valence electrons. The van der Waals surface area contributed by atoms with Crippen molar-refractivity contribution in [2.24, 2.45) is 0 Å². The standard InChI is InChI=1S/C13H17BF2NO2/c1-10-9-13(19-14(15,16)18-10)11-5-7-12(8-6-11)17(2,3)4/h5-8,10H,1-4H3/q+1. The summed E-state index contributed by atoms with van der Waals surface area (Å²) < 4.78 is 36.0. The predicted molar refractivity (Wildman–Crippen MR) is 72.3 cm³/mol. The van der Waals surface area contributed by atoms with Crippen LogP contribution in [-0.4, -0.2) is 34.4 Å². The molecular weight excluding hydrogens is 251 g/mol. The first-order chi connectivity index (χ1) is 8.67. The lowest BCUT2D eigenvalue weighted by Gasteiger charge is -2.29. The van der Waals surface area contributed by atoms with Crippen molar-refractivity contribution in [1.29, 1.82) is 0 Å². The van der Waals surface area contributed by atoms with Crippen LogP contribution in [0.15, 0.2) is 24.3 Å². The fourth-order valence-corrected chi connectivity index (χ4v) is 1.87. The summed E-state index contributed by atoms with van der Waals surface area (Å²) in [4.78, 5) is 0. The van der Waals surface area contributed by atoms with Gasteiger partial charge in [0.05, 0.1) is 21.1 Å². The van der Waals surface area contributed by atoms with Crippen LogP contribution in [-0.2, 0) is 9.31 Å². The number of rotatable bonds is 2. The molecule has 1 aromatic carbocycles. The molecule has 1 heterocycles. The summed E-state index contributed by atoms with van der Waals surface area (Å²) in [5, 5.41) is 0. The first-order valence-corrected chi connectivity index (χ1v) is 6.10. The van der Waals surface area contributed by atoms with Crippen molar-refractivity contribution in [1.82, 2.24) is 4.48 Å². The molecule has 1 atom stereocenters. The molecule has 0 aromatic heterocycles. The molecule has 1 unspecified atom stereocenters. The van der Waals surface area contributed by atoms with Crippen LogP contribution < -0.4 is 4.48 Å². The van der Waals surface area contributed by atoms with E-state index in [4.69, 9.17) is 0 Å². The fraction of sp³-hybridized carbons (Fsp3) is 0.385. The topological polar surface area (TPSA) is 18.5 Å². The largest absolute Gasteiger partial charge is 0.668 e. The van der Waals surface area contributed by atoms with Gasteiger partial charge in [0.25, 0.3) is 0 Å². The van der Waals surface area contributed by atoms with E-state index >= 15 is 0 Å². The van der Waals surface area contributed by atoms with Gasteiger partial charge in [-0.3, -0.25) is 4.48 Å². The minimum atomic E-state index is -4.25. The van der Waals surface area contributed by atoms with Crippen molar-refractivity contribution in [3.8, 4) is 0 Å². The second kappa shape index (κ2) is 4.56. The Morgan fingerprint density at radius 3 is 2.21 bits per heavy atom. The van der Waals surface area contributed by atoms with Crippen LogP contribution in [0.2, 0.25) is 0 Å². The highest BCUT2D eigenvalue weighted by Crippen LogP contribution is 2.30. The molecular formula is C13H17BF2NO2+. The Hall–Kier alpha value is -1.49. The Labute approximate surface area is 112 Å². The van der Waals surface area contributed by atoms with Crippen molar-refractivity contribution >= 4 is 18.6 Å². The first kappa shape index (κ1) is 13.9. The summed E-state index contributed by atoms with van der Waals surface area (Å²) in [6, 6.07) is 7.29. The highest BCUT2D eigenvalue weighted by Gasteiger charge is 2.41. The lowest BCUT2D eigenvalue weighted by atomic mass is 10.0. The van der Waals surface area contributed by atoms with E-state index in [1.165, 1.54) is 6.92 Å². The summed E-state index contributed by atoms with van der Waals surface area (Å²) >= 11 is 0. The second-order valence-corrected chi connectivity index (χ2v) is 5.46. The molecule has 0 bridgehead atoms. The monoisotopic (exact) mass is 268 g/mol. The smallest absolute Gasteiger partial charge is 0.601 e. The molecule has 3 nitrogen and oxygen atoms in total. The van der Waals surface area contributed by atoms with Crippen LogP contribution in [0.1, 0.15) is 12.5 Å². The van der Waals surface area contributed by atoms with E-state index in [1.807, 2.05) is 33.3 Å². The highest BCUT2D eigenvalue weighted by molar-refractivity contribution is 6.53. The van der Waals surface area contributed by atoms with Gasteiger partial charge in [-0.2, -0.15) is 0 Å². The molecule has 0 spiro atoms. The Kier molecular flexibility index (Phi) is 3.35. The zero-order chi connectivity index (χ0) is 14.3. The normalized spacial score (nSPS) is 22.2. The second-order valence-electron chi connectivity index (χ2n) is 5.46. The van der Waals surface area contributed by atoms with E-state index in [9.17, 15) is 8.63 Å². The Balaban J connectivity index is 2.28. The van der Waals surface area contributed by atoms with Gasteiger partial charge in [0, 0.05) is 24.3 Å². The molecule has 1 aromatic rings. The molecule has 0 fully saturated rings. The van der Waals surface area contributed by atoms with Crippen LogP contribution in [0.3, 0.4) is 0 Å². The van der Waals surface area contributed by atoms with Gasteiger partial charge in [0.1, 0.15) is 11.8 Å². The van der Waals surface area contributed by atoms with Crippen LogP contribution in [0.25, 0.3) is 5.76 Å². The fourth-order valence-electron chi connectivity index (χ4n) is 1.87. The Bertz CT molecular complexity index is 494. The van der Waals surface area contributed by atoms with Crippen LogP contribution in [0, 0.1) is 6.08 Å². The van der Waals surface area contributed by atoms with Crippen molar-refractivity contribution in [2.75, 3.05) is 21.1 Å². The zero-order valence-corrected chi connectivity index (χ0v) is 11.5. The van der Waals surface area contributed by atoms with Gasteiger partial charge in [-0.15, -0.1) is 0 Å². The first-order valence-electron chi connectivity index (χ1n) is 6.10. The lowest BCUT2D eigenvalue weighted by molar-refractivity contribution is 0.0905. The van der Waals surface area contributed by atoms with Crippen LogP contribution in [0.5, 0.6) is 0 Å². The quantitative estimate of drug-likeness (QED) is 0.466. The molecule has 0 radical (unpaired) electrons. The number of quaternary nitrogens is 1. The minimum Gasteiger partial charge on any atom is -0.601 e. The molecule has 2 rings (SSSR count). The molecule has 1 aliphatic rings. The minimum absolute atomic E-state index is 0.0525. The summed E-state index contributed by atoms with van der Waals surface area (Å²) in [7, 11) is 1.84. The van der Waals surface area contributed by atoms with E-state index in [0.717, 1.165) is 5.69 Å². The average molecular weight is 268 g/mol. The van der Waals surface area contributed by atoms with Crippen molar-refractivity contribution in [2.45, 2.75) is 13.0 Å². The summed E-state index contributed by atoms with van der Waals surface area (Å²) in [5.74, 6) is 0.0525. The van der Waals surface area contributed by atoms with Crippen molar-refractivity contribution in [3.05, 3.63) is 35.9 Å². The maximum Gasteiger partial charge on any atom is 0.668 e. The molecule has 0 saturated heterocycles. The number of hydrogen-bond acceptors (Lipinski definition) is 2. The molecule has 6 heteroatoms. The van der Waals surface area contributed by atoms with Crippen LogP contribution >= 0.6 is 0 Å². The number of hydrogen-bond donors (Lipinski definition) is 0. The average Bonchev–Trinajstić information content (AvgIpc) is 2.25. The molecule has 0 saturated carbocycles. The van der Waals surface area contributed by atoms with E-state index < -0.39 is 13.2 Å². The van der Waals surface area contributed by atoms with Gasteiger partial charge in [-0.1, -0.05) is 0 Å². The molecule has 19 heavy (non-hydrogen) atoms. The third-order valence-corrected chi connectivity index (χ3v) is 2.86. The van der Waals surface area contributed by atoms with Gasteiger partial charge in [0.2, 0.25) is 0 Å². The van der Waals surface area contributed by atoms with Gasteiger partial charge >= 0.3 is 12.9 Å². The maximum absolute atomic E-state index is 13.2. The summed E-state index contributed by atoms with van der Waals surface area (Å²) in [6.45, 7) is 1.51. The Morgan fingerprint density at radius 1 is 1.16 bits per heavy atom. The van der Waals surface area contributed by atoms with Gasteiger partial charge in [-0.05, 0) is 6.92 Å². The van der Waals surface area contributed by atoms with Crippen molar-refractivity contribution < 1.29 is 17.9 Å². The zero-order valence-electron chi connectivity index (χ0n) is 11.5. The SMILES string of the molecule is CC1[C+]=C(c2ccc([N+](C)(C)C)cc2)O[B-](F)(F)O1. The van der Waals surface area contributed by atoms with E-state index in [-0.39, 0.29) is 5.76 Å². The molecule has 1 aliphatic heterocycles. The van der Waals surface area contributed by atoms with Gasteiger partial charge in [0.15, 0.2) is 11.7 Å². The highest BCUT2D eigenvalue weighted by atomic mass is 19.3. The van der Waals surface area contributed by atoms with E-state index in [2.05, 4.69) is 15.4 Å². The van der Waals surface area contributed by atoms with Crippen LogP contribution in [0.4, 0.5) is 14.3 Å².